The van der Waals surface area contributed by atoms with Crippen LogP contribution in [0.3, 0.4) is 0 Å². The average Bonchev–Trinajstić information content (AvgIpc) is 2.20. The van der Waals surface area contributed by atoms with Crippen LogP contribution in [0.25, 0.3) is 0 Å². The maximum Gasteiger partial charge on any atom is 0.358 e. The van der Waals surface area contributed by atoms with Crippen LogP contribution < -0.4 is 0 Å². The number of aryl methyl sites for hydroxylation is 1. The van der Waals surface area contributed by atoms with E-state index in [0.29, 0.717) is 23.9 Å². The summed E-state index contributed by atoms with van der Waals surface area (Å²) >= 11 is 0. The van der Waals surface area contributed by atoms with Gasteiger partial charge in [0.25, 0.3) is 0 Å². The van der Waals surface area contributed by atoms with Crippen LogP contribution in [0.15, 0.2) is 6.20 Å². The maximum atomic E-state index is 11.6. The maximum absolute atomic E-state index is 11.6. The van der Waals surface area contributed by atoms with Crippen LogP contribution in [-0.4, -0.2) is 22.5 Å². The molecule has 0 bridgehead atoms. The van der Waals surface area contributed by atoms with Gasteiger partial charge >= 0.3 is 5.97 Å². The fourth-order valence-corrected chi connectivity index (χ4v) is 1.40. The summed E-state index contributed by atoms with van der Waals surface area (Å²) in [6, 6.07) is 0. The largest absolute Gasteiger partial charge is 0.461 e. The average molecular weight is 222 g/mol. The molecule has 1 aromatic heterocycles. The predicted molar refractivity (Wildman–Crippen MR) is 61.3 cm³/mol. The third-order valence-corrected chi connectivity index (χ3v) is 2.09. The second-order valence-electron chi connectivity index (χ2n) is 4.11. The molecule has 0 aromatic carbocycles. The molecule has 0 unspecified atom stereocenters. The smallest absolute Gasteiger partial charge is 0.358 e. The van der Waals surface area contributed by atoms with E-state index in [2.05, 4.69) is 23.8 Å². The Morgan fingerprint density at radius 1 is 1.50 bits per heavy atom. The van der Waals surface area contributed by atoms with Gasteiger partial charge in [-0.1, -0.05) is 13.8 Å². The summed E-state index contributed by atoms with van der Waals surface area (Å²) in [6.07, 6.45) is 2.54. The second kappa shape index (κ2) is 5.58. The van der Waals surface area contributed by atoms with Crippen molar-refractivity contribution in [3.05, 3.63) is 23.3 Å². The number of nitrogens with zero attached hydrogens (tertiary/aromatic N) is 2. The lowest BCUT2D eigenvalue weighted by Gasteiger charge is -2.07. The van der Waals surface area contributed by atoms with E-state index in [1.165, 1.54) is 0 Å². The van der Waals surface area contributed by atoms with Gasteiger partial charge in [0.05, 0.1) is 18.0 Å². The Kier molecular flexibility index (Phi) is 4.40. The van der Waals surface area contributed by atoms with Crippen molar-refractivity contribution in [3.63, 3.8) is 0 Å². The highest BCUT2D eigenvalue weighted by molar-refractivity contribution is 5.88. The molecule has 0 saturated carbocycles. The summed E-state index contributed by atoms with van der Waals surface area (Å²) in [5, 5.41) is 0. The SMILES string of the molecule is CCOC(=O)c1nc(CC(C)C)cnc1C. The summed E-state index contributed by atoms with van der Waals surface area (Å²) in [5.41, 5.74) is 1.79. The van der Waals surface area contributed by atoms with Gasteiger partial charge in [-0.3, -0.25) is 4.98 Å². The van der Waals surface area contributed by atoms with Crippen LogP contribution in [0.1, 0.15) is 42.6 Å². The molecule has 1 heterocycles. The van der Waals surface area contributed by atoms with Crippen LogP contribution in [0.2, 0.25) is 0 Å². The fourth-order valence-electron chi connectivity index (χ4n) is 1.40. The molecule has 4 heteroatoms. The molecular formula is C12H18N2O2. The third-order valence-electron chi connectivity index (χ3n) is 2.09. The van der Waals surface area contributed by atoms with Gasteiger partial charge in [-0.2, -0.15) is 0 Å². The first kappa shape index (κ1) is 12.6. The summed E-state index contributed by atoms with van der Waals surface area (Å²) in [7, 11) is 0. The number of rotatable bonds is 4. The van der Waals surface area contributed by atoms with E-state index in [1.807, 2.05) is 0 Å². The molecule has 0 amide bonds. The van der Waals surface area contributed by atoms with Gasteiger partial charge < -0.3 is 4.74 Å². The third kappa shape index (κ3) is 3.29. The van der Waals surface area contributed by atoms with Crippen LogP contribution in [0, 0.1) is 12.8 Å². The molecule has 1 aromatic rings. The molecular weight excluding hydrogens is 204 g/mol. The summed E-state index contributed by atoms with van der Waals surface area (Å²) < 4.78 is 4.93. The van der Waals surface area contributed by atoms with E-state index in [0.717, 1.165) is 12.1 Å². The minimum absolute atomic E-state index is 0.333. The molecule has 0 N–H and O–H groups in total. The Morgan fingerprint density at radius 2 is 2.19 bits per heavy atom. The number of carbonyl (C=O) groups is 1. The molecule has 88 valence electrons. The van der Waals surface area contributed by atoms with Crippen LogP contribution >= 0.6 is 0 Å². The van der Waals surface area contributed by atoms with Crippen molar-refractivity contribution >= 4 is 5.97 Å². The highest BCUT2D eigenvalue weighted by Gasteiger charge is 2.14. The van der Waals surface area contributed by atoms with Crippen molar-refractivity contribution in [2.24, 2.45) is 5.92 Å². The number of hydrogen-bond donors (Lipinski definition) is 0. The lowest BCUT2D eigenvalue weighted by atomic mass is 10.1. The standard InChI is InChI=1S/C12H18N2O2/c1-5-16-12(15)11-9(4)13-7-10(14-11)6-8(2)3/h7-8H,5-6H2,1-4H3. The number of esters is 1. The molecule has 0 spiro atoms. The quantitative estimate of drug-likeness (QED) is 0.732. The number of aromatic nitrogens is 2. The van der Waals surface area contributed by atoms with Gasteiger partial charge in [-0.25, -0.2) is 9.78 Å². The van der Waals surface area contributed by atoms with E-state index in [4.69, 9.17) is 4.74 Å². The van der Waals surface area contributed by atoms with Gasteiger partial charge in [0.2, 0.25) is 0 Å². The van der Waals surface area contributed by atoms with E-state index in [9.17, 15) is 4.79 Å². The molecule has 0 fully saturated rings. The zero-order chi connectivity index (χ0) is 12.1. The second-order valence-corrected chi connectivity index (χ2v) is 4.11. The molecule has 16 heavy (non-hydrogen) atoms. The lowest BCUT2D eigenvalue weighted by Crippen LogP contribution is -2.12. The lowest BCUT2D eigenvalue weighted by molar-refractivity contribution is 0.0517. The minimum Gasteiger partial charge on any atom is -0.461 e. The monoisotopic (exact) mass is 222 g/mol. The van der Waals surface area contributed by atoms with Crippen molar-refractivity contribution in [1.82, 2.24) is 9.97 Å². The Labute approximate surface area is 96.1 Å². The molecule has 0 saturated heterocycles. The van der Waals surface area contributed by atoms with Crippen molar-refractivity contribution < 1.29 is 9.53 Å². The molecule has 0 atom stereocenters. The molecule has 1 rings (SSSR count). The van der Waals surface area contributed by atoms with Gasteiger partial charge in [-0.05, 0) is 26.2 Å². The normalized spacial score (nSPS) is 10.6. The molecule has 4 nitrogen and oxygen atoms in total. The van der Waals surface area contributed by atoms with E-state index in [1.54, 1.807) is 20.0 Å². The van der Waals surface area contributed by atoms with Crippen molar-refractivity contribution in [2.75, 3.05) is 6.61 Å². The van der Waals surface area contributed by atoms with Gasteiger partial charge in [0.1, 0.15) is 0 Å². The highest BCUT2D eigenvalue weighted by atomic mass is 16.5. The Morgan fingerprint density at radius 3 is 2.75 bits per heavy atom. The first-order chi connectivity index (χ1) is 7.54. The zero-order valence-corrected chi connectivity index (χ0v) is 10.3. The number of hydrogen-bond acceptors (Lipinski definition) is 4. The minimum atomic E-state index is -0.391. The number of carbonyl (C=O) groups excluding carboxylic acids is 1. The van der Waals surface area contributed by atoms with Crippen molar-refractivity contribution in [1.29, 1.82) is 0 Å². The first-order valence-corrected chi connectivity index (χ1v) is 5.54. The van der Waals surface area contributed by atoms with Crippen LogP contribution in [0.4, 0.5) is 0 Å². The zero-order valence-electron chi connectivity index (χ0n) is 10.3. The van der Waals surface area contributed by atoms with Crippen LogP contribution in [-0.2, 0) is 11.2 Å². The van der Waals surface area contributed by atoms with E-state index < -0.39 is 5.97 Å². The fraction of sp³-hybridized carbons (Fsp3) is 0.583. The molecule has 0 aliphatic carbocycles. The summed E-state index contributed by atoms with van der Waals surface area (Å²) in [4.78, 5) is 20.0. The predicted octanol–water partition coefficient (Wildman–Crippen LogP) is 2.16. The first-order valence-electron chi connectivity index (χ1n) is 5.54. The van der Waals surface area contributed by atoms with Crippen molar-refractivity contribution in [3.8, 4) is 0 Å². The van der Waals surface area contributed by atoms with E-state index in [-0.39, 0.29) is 0 Å². The number of ether oxygens (including phenoxy) is 1. The summed E-state index contributed by atoms with van der Waals surface area (Å²) in [5.74, 6) is 0.102. The molecule has 0 aliphatic heterocycles. The Hall–Kier alpha value is -1.45. The Balaban J connectivity index is 2.94. The van der Waals surface area contributed by atoms with Crippen LogP contribution in [0.5, 0.6) is 0 Å². The Bertz CT molecular complexity index is 375. The highest BCUT2D eigenvalue weighted by Crippen LogP contribution is 2.09. The van der Waals surface area contributed by atoms with Crippen molar-refractivity contribution in [2.45, 2.75) is 34.1 Å². The topological polar surface area (TPSA) is 52.1 Å². The molecule has 0 aliphatic rings. The molecule has 0 radical (unpaired) electrons. The summed E-state index contributed by atoms with van der Waals surface area (Å²) in [6.45, 7) is 8.10. The van der Waals surface area contributed by atoms with Gasteiger partial charge in [0, 0.05) is 6.20 Å². The van der Waals surface area contributed by atoms with Gasteiger partial charge in [0.15, 0.2) is 5.69 Å². The van der Waals surface area contributed by atoms with E-state index >= 15 is 0 Å². The van der Waals surface area contributed by atoms with Gasteiger partial charge in [-0.15, -0.1) is 0 Å².